The Labute approximate surface area is 165 Å². The lowest BCUT2D eigenvalue weighted by atomic mass is 10.2. The summed E-state index contributed by atoms with van der Waals surface area (Å²) >= 11 is 0. The fraction of sp³-hybridized carbons (Fsp3) is 0.300. The van der Waals surface area contributed by atoms with Gasteiger partial charge in [-0.25, -0.2) is 13.2 Å². The van der Waals surface area contributed by atoms with Crippen molar-refractivity contribution in [2.45, 2.75) is 25.7 Å². The Morgan fingerprint density at radius 3 is 2.07 bits per heavy atom. The fourth-order valence-corrected chi connectivity index (χ4v) is 3.54. The number of nitrogens with zero attached hydrogens (tertiary/aromatic N) is 1. The number of hydrogen-bond donors (Lipinski definition) is 1. The molecular weight excluding hydrogens is 380 g/mol. The van der Waals surface area contributed by atoms with Crippen molar-refractivity contribution in [2.24, 2.45) is 0 Å². The first-order valence-electron chi connectivity index (χ1n) is 8.91. The average Bonchev–Trinajstić information content (AvgIpc) is 2.69. The first kappa shape index (κ1) is 21.4. The number of anilines is 1. The van der Waals surface area contributed by atoms with Crippen molar-refractivity contribution in [1.82, 2.24) is 4.90 Å². The van der Waals surface area contributed by atoms with Crippen LogP contribution in [0.4, 0.5) is 5.69 Å². The van der Waals surface area contributed by atoms with Gasteiger partial charge in [-0.2, -0.15) is 0 Å². The van der Waals surface area contributed by atoms with E-state index in [-0.39, 0.29) is 23.0 Å². The van der Waals surface area contributed by atoms with Gasteiger partial charge in [0.2, 0.25) is 0 Å². The van der Waals surface area contributed by atoms with Crippen molar-refractivity contribution in [1.29, 1.82) is 0 Å². The first-order chi connectivity index (χ1) is 13.3. The molecule has 0 fully saturated rings. The number of carbonyl (C=O) groups is 2. The van der Waals surface area contributed by atoms with Gasteiger partial charge in [0, 0.05) is 18.8 Å². The Hall–Kier alpha value is -2.87. The van der Waals surface area contributed by atoms with Crippen LogP contribution in [0, 0.1) is 6.92 Å². The Kier molecular flexibility index (Phi) is 7.17. The van der Waals surface area contributed by atoms with Crippen LogP contribution in [0.5, 0.6) is 0 Å². The molecule has 0 aliphatic heterocycles. The molecule has 0 spiro atoms. The van der Waals surface area contributed by atoms with Crippen LogP contribution in [0.1, 0.15) is 29.8 Å². The lowest BCUT2D eigenvalue weighted by Crippen LogP contribution is -2.34. The standard InChI is InChI=1S/C20H24N2O5S/c1-4-22(5-2)19(23)14-27-20(24)16-8-12-18(13-9-16)28(25,26)21-17-10-6-15(3)7-11-17/h6-13,21H,4-5,14H2,1-3H3. The van der Waals surface area contributed by atoms with Crippen molar-refractivity contribution in [2.75, 3.05) is 24.4 Å². The number of carbonyl (C=O) groups excluding carboxylic acids is 2. The number of ether oxygens (including phenoxy) is 1. The van der Waals surface area contributed by atoms with E-state index in [1.165, 1.54) is 24.3 Å². The van der Waals surface area contributed by atoms with E-state index in [1.807, 2.05) is 20.8 Å². The van der Waals surface area contributed by atoms with Gasteiger partial charge in [0.15, 0.2) is 6.61 Å². The van der Waals surface area contributed by atoms with Crippen LogP contribution >= 0.6 is 0 Å². The van der Waals surface area contributed by atoms with Crippen LogP contribution in [-0.4, -0.2) is 44.9 Å². The smallest absolute Gasteiger partial charge is 0.338 e. The molecule has 0 saturated carbocycles. The van der Waals surface area contributed by atoms with Crippen molar-refractivity contribution >= 4 is 27.6 Å². The van der Waals surface area contributed by atoms with Crippen LogP contribution in [0.15, 0.2) is 53.4 Å². The molecule has 0 aliphatic rings. The minimum absolute atomic E-state index is 0.0174. The summed E-state index contributed by atoms with van der Waals surface area (Å²) < 4.78 is 32.4. The molecule has 0 saturated heterocycles. The number of hydrogen-bond acceptors (Lipinski definition) is 5. The van der Waals surface area contributed by atoms with Gasteiger partial charge < -0.3 is 9.64 Å². The monoisotopic (exact) mass is 404 g/mol. The molecule has 0 radical (unpaired) electrons. The van der Waals surface area contributed by atoms with Crippen molar-refractivity contribution in [3.05, 3.63) is 59.7 Å². The van der Waals surface area contributed by atoms with E-state index in [1.54, 1.807) is 29.2 Å². The molecule has 2 rings (SSSR count). The van der Waals surface area contributed by atoms with E-state index in [9.17, 15) is 18.0 Å². The second-order valence-corrected chi connectivity index (χ2v) is 7.82. The van der Waals surface area contributed by atoms with Crippen molar-refractivity contribution in [3.63, 3.8) is 0 Å². The van der Waals surface area contributed by atoms with Gasteiger partial charge in [0.25, 0.3) is 15.9 Å². The van der Waals surface area contributed by atoms with Gasteiger partial charge in [0.1, 0.15) is 0 Å². The summed E-state index contributed by atoms with van der Waals surface area (Å²) in [6.45, 7) is 6.31. The normalized spacial score (nSPS) is 11.0. The summed E-state index contributed by atoms with van der Waals surface area (Å²) in [6, 6.07) is 12.3. The fourth-order valence-electron chi connectivity index (χ4n) is 2.48. The van der Waals surface area contributed by atoms with Gasteiger partial charge >= 0.3 is 5.97 Å². The highest BCUT2D eigenvalue weighted by molar-refractivity contribution is 7.92. The summed E-state index contributed by atoms with van der Waals surface area (Å²) in [7, 11) is -3.78. The summed E-state index contributed by atoms with van der Waals surface area (Å²) in [6.07, 6.45) is 0. The lowest BCUT2D eigenvalue weighted by molar-refractivity contribution is -0.134. The molecule has 150 valence electrons. The van der Waals surface area contributed by atoms with Crippen LogP contribution in [0.25, 0.3) is 0 Å². The number of esters is 1. The molecule has 28 heavy (non-hydrogen) atoms. The summed E-state index contributed by atoms with van der Waals surface area (Å²) in [5.41, 5.74) is 1.64. The molecule has 0 heterocycles. The Balaban J connectivity index is 2.02. The average molecular weight is 404 g/mol. The van der Waals surface area contributed by atoms with Crippen LogP contribution in [-0.2, 0) is 19.6 Å². The third kappa shape index (κ3) is 5.56. The number of benzene rings is 2. The number of sulfonamides is 1. The summed E-state index contributed by atoms with van der Waals surface area (Å²) in [5, 5.41) is 0. The number of amides is 1. The van der Waals surface area contributed by atoms with Gasteiger partial charge in [0.05, 0.1) is 10.5 Å². The first-order valence-corrected chi connectivity index (χ1v) is 10.4. The Morgan fingerprint density at radius 1 is 0.964 bits per heavy atom. The van der Waals surface area contributed by atoms with Crippen molar-refractivity contribution in [3.8, 4) is 0 Å². The Morgan fingerprint density at radius 2 is 1.54 bits per heavy atom. The largest absolute Gasteiger partial charge is 0.452 e. The second-order valence-electron chi connectivity index (χ2n) is 6.14. The molecular formula is C20H24N2O5S. The maximum atomic E-state index is 12.4. The molecule has 1 N–H and O–H groups in total. The van der Waals surface area contributed by atoms with E-state index in [2.05, 4.69) is 4.72 Å². The highest BCUT2D eigenvalue weighted by Crippen LogP contribution is 2.17. The highest BCUT2D eigenvalue weighted by Gasteiger charge is 2.17. The number of nitrogens with one attached hydrogen (secondary N) is 1. The molecule has 0 atom stereocenters. The van der Waals surface area contributed by atoms with Gasteiger partial charge in [-0.05, 0) is 57.2 Å². The van der Waals surface area contributed by atoms with Gasteiger partial charge in [-0.15, -0.1) is 0 Å². The third-order valence-electron chi connectivity index (χ3n) is 4.15. The molecule has 0 unspecified atom stereocenters. The van der Waals surface area contributed by atoms with E-state index in [0.29, 0.717) is 18.8 Å². The third-order valence-corrected chi connectivity index (χ3v) is 5.54. The van der Waals surface area contributed by atoms with E-state index >= 15 is 0 Å². The van der Waals surface area contributed by atoms with Crippen LogP contribution in [0.2, 0.25) is 0 Å². The minimum atomic E-state index is -3.78. The molecule has 0 bridgehead atoms. The molecule has 7 nitrogen and oxygen atoms in total. The zero-order valence-corrected chi connectivity index (χ0v) is 17.0. The minimum Gasteiger partial charge on any atom is -0.452 e. The highest BCUT2D eigenvalue weighted by atomic mass is 32.2. The second kappa shape index (κ2) is 9.36. The maximum absolute atomic E-state index is 12.4. The maximum Gasteiger partial charge on any atom is 0.338 e. The Bertz CT molecular complexity index is 918. The predicted molar refractivity (Wildman–Crippen MR) is 107 cm³/mol. The van der Waals surface area contributed by atoms with Crippen molar-refractivity contribution < 1.29 is 22.7 Å². The predicted octanol–water partition coefficient (Wildman–Crippen LogP) is 2.82. The lowest BCUT2D eigenvalue weighted by Gasteiger charge is -2.18. The van der Waals surface area contributed by atoms with E-state index < -0.39 is 16.0 Å². The number of aryl methyl sites for hydroxylation is 1. The molecule has 1 amide bonds. The van der Waals surface area contributed by atoms with Gasteiger partial charge in [-0.3, -0.25) is 9.52 Å². The summed E-state index contributed by atoms with van der Waals surface area (Å²) in [5.74, 6) is -0.962. The molecule has 8 heteroatoms. The van der Waals surface area contributed by atoms with E-state index in [4.69, 9.17) is 4.74 Å². The SMILES string of the molecule is CCN(CC)C(=O)COC(=O)c1ccc(S(=O)(=O)Nc2ccc(C)cc2)cc1. The quantitative estimate of drug-likeness (QED) is 0.683. The van der Waals surface area contributed by atoms with Crippen LogP contribution < -0.4 is 4.72 Å². The van der Waals surface area contributed by atoms with E-state index in [0.717, 1.165) is 5.56 Å². The number of rotatable bonds is 8. The topological polar surface area (TPSA) is 92.8 Å². The zero-order valence-electron chi connectivity index (χ0n) is 16.1. The van der Waals surface area contributed by atoms with Crippen LogP contribution in [0.3, 0.4) is 0 Å². The molecule has 0 aliphatic carbocycles. The zero-order chi connectivity index (χ0) is 20.7. The molecule has 0 aromatic heterocycles. The number of likely N-dealkylation sites (N-methyl/N-ethyl adjacent to an activating group) is 1. The van der Waals surface area contributed by atoms with Gasteiger partial charge in [-0.1, -0.05) is 17.7 Å². The summed E-state index contributed by atoms with van der Waals surface area (Å²) in [4.78, 5) is 25.5. The molecule has 2 aromatic rings. The molecule has 2 aromatic carbocycles.